The van der Waals surface area contributed by atoms with Crippen molar-refractivity contribution in [1.82, 2.24) is 5.32 Å². The van der Waals surface area contributed by atoms with E-state index in [9.17, 15) is 19.5 Å². The molecule has 0 saturated carbocycles. The smallest absolute Gasteiger partial charge is 0.306 e. The second kappa shape index (κ2) is 30.3. The molecular formula is C33H63NO6. The molecule has 0 aromatic rings. The summed E-state index contributed by atoms with van der Waals surface area (Å²) in [6.45, 7) is 4.16. The molecule has 0 radical (unpaired) electrons. The Labute approximate surface area is 245 Å². The zero-order valence-corrected chi connectivity index (χ0v) is 26.2. The lowest BCUT2D eigenvalue weighted by atomic mass is 10.0. The van der Waals surface area contributed by atoms with E-state index < -0.39 is 6.10 Å². The molecule has 0 aliphatic rings. The molecular weight excluding hydrogens is 506 g/mol. The number of ether oxygens (including phenoxy) is 2. The normalized spacial score (nSPS) is 11.8. The van der Waals surface area contributed by atoms with Crippen molar-refractivity contribution < 1.29 is 29.0 Å². The average molecular weight is 570 g/mol. The van der Waals surface area contributed by atoms with Gasteiger partial charge in [-0.3, -0.25) is 14.4 Å². The second-order valence-corrected chi connectivity index (χ2v) is 11.4. The summed E-state index contributed by atoms with van der Waals surface area (Å²) in [6.07, 6.45) is 26.1. The van der Waals surface area contributed by atoms with Gasteiger partial charge in [0.2, 0.25) is 5.91 Å². The van der Waals surface area contributed by atoms with Crippen LogP contribution in [0.4, 0.5) is 0 Å². The Bertz CT molecular complexity index is 597. The van der Waals surface area contributed by atoms with Gasteiger partial charge < -0.3 is 19.9 Å². The van der Waals surface area contributed by atoms with Gasteiger partial charge in [0.15, 0.2) is 6.10 Å². The molecule has 7 nitrogen and oxygen atoms in total. The molecule has 40 heavy (non-hydrogen) atoms. The van der Waals surface area contributed by atoms with Crippen LogP contribution in [0.3, 0.4) is 0 Å². The molecule has 0 bridgehead atoms. The highest BCUT2D eigenvalue weighted by molar-refractivity contribution is 5.72. The molecule has 0 unspecified atom stereocenters. The number of aliphatic hydroxyl groups is 1. The van der Waals surface area contributed by atoms with E-state index in [1.165, 1.54) is 89.9 Å². The number of hydrogen-bond acceptors (Lipinski definition) is 6. The first kappa shape index (κ1) is 38.4. The Hall–Kier alpha value is -1.63. The maximum absolute atomic E-state index is 12.1. The predicted octanol–water partition coefficient (Wildman–Crippen LogP) is 7.95. The SMILES string of the molecule is CCCCCCCCCCCCCCC(=O)O[C@@H](CO)COC(=O)CCCCCCCCCCCCNC(C)=O. The number of esters is 2. The number of aliphatic hydroxyl groups excluding tert-OH is 1. The van der Waals surface area contributed by atoms with Crippen molar-refractivity contribution in [3.05, 3.63) is 0 Å². The van der Waals surface area contributed by atoms with E-state index in [4.69, 9.17) is 9.47 Å². The van der Waals surface area contributed by atoms with Crippen molar-refractivity contribution in [2.75, 3.05) is 19.8 Å². The second-order valence-electron chi connectivity index (χ2n) is 11.4. The lowest BCUT2D eigenvalue weighted by molar-refractivity contribution is -0.161. The Kier molecular flexibility index (Phi) is 29.1. The Balaban J connectivity index is 3.54. The fourth-order valence-electron chi connectivity index (χ4n) is 4.81. The summed E-state index contributed by atoms with van der Waals surface area (Å²) >= 11 is 0. The van der Waals surface area contributed by atoms with Crippen molar-refractivity contribution >= 4 is 17.8 Å². The standard InChI is InChI=1S/C33H63NO6/c1-3-4-5-6-7-8-9-10-14-17-20-23-26-33(38)40-31(28-35)29-39-32(37)25-22-19-16-13-11-12-15-18-21-24-27-34-30(2)36/h31,35H,3-29H2,1-2H3,(H,34,36)/t31-/m0/s1. The number of hydrogen-bond donors (Lipinski definition) is 2. The van der Waals surface area contributed by atoms with E-state index in [2.05, 4.69) is 12.2 Å². The van der Waals surface area contributed by atoms with Crippen molar-refractivity contribution in [1.29, 1.82) is 0 Å². The summed E-state index contributed by atoms with van der Waals surface area (Å²) in [6, 6.07) is 0. The summed E-state index contributed by atoms with van der Waals surface area (Å²) in [5.74, 6) is -0.578. The van der Waals surface area contributed by atoms with Crippen LogP contribution >= 0.6 is 0 Å². The molecule has 236 valence electrons. The molecule has 0 aliphatic carbocycles. The first-order chi connectivity index (χ1) is 19.5. The van der Waals surface area contributed by atoms with E-state index in [0.29, 0.717) is 12.8 Å². The molecule has 1 amide bonds. The van der Waals surface area contributed by atoms with E-state index in [1.807, 2.05) is 0 Å². The molecule has 1 atom stereocenters. The zero-order valence-electron chi connectivity index (χ0n) is 26.2. The van der Waals surface area contributed by atoms with Gasteiger partial charge in [0, 0.05) is 26.3 Å². The molecule has 0 heterocycles. The number of carbonyl (C=O) groups is 3. The van der Waals surface area contributed by atoms with Crippen LogP contribution in [0.15, 0.2) is 0 Å². The number of nitrogens with one attached hydrogen (secondary N) is 1. The van der Waals surface area contributed by atoms with Gasteiger partial charge in [-0.15, -0.1) is 0 Å². The third-order valence-electron chi connectivity index (χ3n) is 7.35. The first-order valence-electron chi connectivity index (χ1n) is 16.7. The number of carbonyl (C=O) groups excluding carboxylic acids is 3. The molecule has 2 N–H and O–H groups in total. The molecule has 0 aliphatic heterocycles. The largest absolute Gasteiger partial charge is 0.462 e. The zero-order chi connectivity index (χ0) is 29.5. The number of unbranched alkanes of at least 4 members (excludes halogenated alkanes) is 20. The lowest BCUT2D eigenvalue weighted by Gasteiger charge is -2.15. The van der Waals surface area contributed by atoms with Gasteiger partial charge in [-0.2, -0.15) is 0 Å². The minimum absolute atomic E-state index is 0.0449. The average Bonchev–Trinajstić information content (AvgIpc) is 2.93. The van der Waals surface area contributed by atoms with Crippen LogP contribution in [-0.4, -0.2) is 48.8 Å². The van der Waals surface area contributed by atoms with Crippen molar-refractivity contribution in [3.63, 3.8) is 0 Å². The molecule has 0 spiro atoms. The lowest BCUT2D eigenvalue weighted by Crippen LogP contribution is -2.28. The summed E-state index contributed by atoms with van der Waals surface area (Å²) in [7, 11) is 0. The van der Waals surface area contributed by atoms with Gasteiger partial charge >= 0.3 is 11.9 Å². The maximum atomic E-state index is 12.1. The van der Waals surface area contributed by atoms with E-state index in [0.717, 1.165) is 57.9 Å². The van der Waals surface area contributed by atoms with Crippen LogP contribution in [-0.2, 0) is 23.9 Å². The van der Waals surface area contributed by atoms with Gasteiger partial charge in [0.25, 0.3) is 0 Å². The minimum Gasteiger partial charge on any atom is -0.462 e. The van der Waals surface area contributed by atoms with Crippen LogP contribution in [0.5, 0.6) is 0 Å². The van der Waals surface area contributed by atoms with Crippen LogP contribution in [0, 0.1) is 0 Å². The van der Waals surface area contributed by atoms with Gasteiger partial charge in [-0.25, -0.2) is 0 Å². The quantitative estimate of drug-likeness (QED) is 0.0672. The predicted molar refractivity (Wildman–Crippen MR) is 163 cm³/mol. The Morgan fingerprint density at radius 2 is 1.00 bits per heavy atom. The molecule has 7 heteroatoms. The fraction of sp³-hybridized carbons (Fsp3) is 0.909. The highest BCUT2D eigenvalue weighted by Gasteiger charge is 2.16. The van der Waals surface area contributed by atoms with Crippen molar-refractivity contribution in [2.24, 2.45) is 0 Å². The Morgan fingerprint density at radius 3 is 1.43 bits per heavy atom. The summed E-state index contributed by atoms with van der Waals surface area (Å²) < 4.78 is 10.5. The highest BCUT2D eigenvalue weighted by Crippen LogP contribution is 2.14. The van der Waals surface area contributed by atoms with Gasteiger partial charge in [-0.1, -0.05) is 129 Å². The first-order valence-corrected chi connectivity index (χ1v) is 16.7. The summed E-state index contributed by atoms with van der Waals surface area (Å²) in [5.41, 5.74) is 0. The summed E-state index contributed by atoms with van der Waals surface area (Å²) in [5, 5.41) is 12.3. The monoisotopic (exact) mass is 569 g/mol. The van der Waals surface area contributed by atoms with Crippen LogP contribution in [0.25, 0.3) is 0 Å². The van der Waals surface area contributed by atoms with Gasteiger partial charge in [-0.05, 0) is 19.3 Å². The van der Waals surface area contributed by atoms with E-state index in [1.54, 1.807) is 6.92 Å². The van der Waals surface area contributed by atoms with Crippen LogP contribution in [0.2, 0.25) is 0 Å². The maximum Gasteiger partial charge on any atom is 0.306 e. The van der Waals surface area contributed by atoms with E-state index in [-0.39, 0.29) is 31.1 Å². The molecule has 0 saturated heterocycles. The summed E-state index contributed by atoms with van der Waals surface area (Å²) in [4.78, 5) is 34.9. The fourth-order valence-corrected chi connectivity index (χ4v) is 4.81. The highest BCUT2D eigenvalue weighted by atomic mass is 16.6. The molecule has 0 aromatic heterocycles. The topological polar surface area (TPSA) is 102 Å². The number of rotatable bonds is 30. The Morgan fingerprint density at radius 1 is 0.600 bits per heavy atom. The van der Waals surface area contributed by atoms with Crippen LogP contribution in [0.1, 0.15) is 168 Å². The third kappa shape index (κ3) is 29.4. The van der Waals surface area contributed by atoms with Crippen LogP contribution < -0.4 is 5.32 Å². The van der Waals surface area contributed by atoms with Gasteiger partial charge in [0.1, 0.15) is 6.61 Å². The minimum atomic E-state index is -0.779. The molecule has 0 fully saturated rings. The van der Waals surface area contributed by atoms with Gasteiger partial charge in [0.05, 0.1) is 6.61 Å². The van der Waals surface area contributed by atoms with Crippen molar-refractivity contribution in [3.8, 4) is 0 Å². The number of amides is 1. The third-order valence-corrected chi connectivity index (χ3v) is 7.35. The molecule has 0 rings (SSSR count). The molecule has 0 aromatic carbocycles. The van der Waals surface area contributed by atoms with E-state index >= 15 is 0 Å². The van der Waals surface area contributed by atoms with Crippen molar-refractivity contribution in [2.45, 2.75) is 174 Å².